The molecule has 0 saturated heterocycles. The number of nitrogens with zero attached hydrogens (tertiary/aromatic N) is 2. The van der Waals surface area contributed by atoms with E-state index in [-0.39, 0.29) is 5.69 Å². The Balaban J connectivity index is 2.74. The summed E-state index contributed by atoms with van der Waals surface area (Å²) < 4.78 is 0. The van der Waals surface area contributed by atoms with Gasteiger partial charge in [0.25, 0.3) is 5.91 Å². The molecular weight excluding hydrogens is 208 g/mol. The second-order valence-electron chi connectivity index (χ2n) is 3.06. The topological polar surface area (TPSA) is 119 Å². The first kappa shape index (κ1) is 10.3. The molecule has 2 rings (SSSR count). The van der Waals surface area contributed by atoms with Gasteiger partial charge in [-0.25, -0.2) is 11.7 Å². The van der Waals surface area contributed by atoms with E-state index in [1.54, 1.807) is 18.2 Å². The molecule has 1 aromatic carbocycles. The lowest BCUT2D eigenvalue weighted by molar-refractivity contribution is 0.0949. The average Bonchev–Trinajstić information content (AvgIpc) is 2.36. The monoisotopic (exact) mass is 218 g/mol. The smallest absolute Gasteiger partial charge is 0.286 e. The Labute approximate surface area is 90.8 Å². The maximum Gasteiger partial charge on any atom is 0.286 e. The van der Waals surface area contributed by atoms with Crippen LogP contribution in [0.15, 0.2) is 24.3 Å². The highest BCUT2D eigenvalue weighted by Crippen LogP contribution is 2.21. The molecule has 16 heavy (non-hydrogen) atoms. The molecule has 0 radical (unpaired) electrons. The van der Waals surface area contributed by atoms with Crippen LogP contribution >= 0.6 is 0 Å². The first-order valence-electron chi connectivity index (χ1n) is 4.51. The fourth-order valence-corrected chi connectivity index (χ4v) is 1.45. The van der Waals surface area contributed by atoms with Gasteiger partial charge in [0.2, 0.25) is 0 Å². The van der Waals surface area contributed by atoms with Crippen molar-refractivity contribution >= 4 is 22.5 Å². The third-order valence-electron chi connectivity index (χ3n) is 2.17. The number of hydrazine groups is 2. The van der Waals surface area contributed by atoms with Crippen molar-refractivity contribution in [2.24, 2.45) is 11.7 Å². The Morgan fingerprint density at radius 3 is 2.44 bits per heavy atom. The van der Waals surface area contributed by atoms with Gasteiger partial charge in [0.15, 0.2) is 11.5 Å². The molecule has 7 nitrogen and oxygen atoms in total. The standard InChI is InChI=1S/C9H10N6O/c10-12-8-6-4-2-1-3-5(6)7(14-15-8)9(16)13-11/h1-4H,10-11H2,(H,12,15)(H,13,16). The molecular formula is C9H10N6O. The second-order valence-corrected chi connectivity index (χ2v) is 3.06. The predicted octanol–water partition coefficient (Wildman–Crippen LogP) is -0.481. The molecule has 0 aliphatic heterocycles. The highest BCUT2D eigenvalue weighted by molar-refractivity contribution is 6.07. The quantitative estimate of drug-likeness (QED) is 0.307. The van der Waals surface area contributed by atoms with Crippen LogP contribution in [0.1, 0.15) is 10.5 Å². The van der Waals surface area contributed by atoms with Crippen molar-refractivity contribution in [1.29, 1.82) is 0 Å². The fourth-order valence-electron chi connectivity index (χ4n) is 1.45. The van der Waals surface area contributed by atoms with Crippen molar-refractivity contribution in [2.75, 3.05) is 5.43 Å². The minimum atomic E-state index is -0.493. The SMILES string of the molecule is NNC(=O)c1nnc(NN)c2ccccc12. The number of carbonyl (C=O) groups is 1. The Kier molecular flexibility index (Phi) is 2.63. The molecule has 2 aromatic rings. The molecule has 0 bridgehead atoms. The van der Waals surface area contributed by atoms with Crippen LogP contribution < -0.4 is 22.5 Å². The van der Waals surface area contributed by atoms with E-state index in [0.717, 1.165) is 0 Å². The number of hydrogen-bond donors (Lipinski definition) is 4. The summed E-state index contributed by atoms with van der Waals surface area (Å²) in [5.74, 6) is 10.3. The van der Waals surface area contributed by atoms with Crippen LogP contribution in [0.25, 0.3) is 10.8 Å². The van der Waals surface area contributed by atoms with E-state index >= 15 is 0 Å². The van der Waals surface area contributed by atoms with E-state index in [1.165, 1.54) is 0 Å². The van der Waals surface area contributed by atoms with E-state index in [0.29, 0.717) is 16.6 Å². The molecule has 7 heteroatoms. The highest BCUT2D eigenvalue weighted by Gasteiger charge is 2.13. The maximum absolute atomic E-state index is 11.4. The van der Waals surface area contributed by atoms with Gasteiger partial charge in [0.05, 0.1) is 0 Å². The number of aromatic nitrogens is 2. The van der Waals surface area contributed by atoms with Gasteiger partial charge in [0.1, 0.15) is 0 Å². The van der Waals surface area contributed by atoms with Crippen molar-refractivity contribution in [3.63, 3.8) is 0 Å². The van der Waals surface area contributed by atoms with Gasteiger partial charge in [0, 0.05) is 10.8 Å². The lowest BCUT2D eigenvalue weighted by atomic mass is 10.1. The van der Waals surface area contributed by atoms with Crippen LogP contribution in [0, 0.1) is 0 Å². The molecule has 0 fully saturated rings. The number of amides is 1. The zero-order chi connectivity index (χ0) is 11.5. The normalized spacial score (nSPS) is 10.1. The van der Waals surface area contributed by atoms with Gasteiger partial charge in [-0.3, -0.25) is 10.2 Å². The molecule has 82 valence electrons. The summed E-state index contributed by atoms with van der Waals surface area (Å²) in [7, 11) is 0. The number of hydrogen-bond acceptors (Lipinski definition) is 6. The molecule has 6 N–H and O–H groups in total. The summed E-state index contributed by atoms with van der Waals surface area (Å²) in [6.07, 6.45) is 0. The number of fused-ring (bicyclic) bond motifs is 1. The third-order valence-corrected chi connectivity index (χ3v) is 2.17. The minimum Gasteiger partial charge on any atom is -0.306 e. The van der Waals surface area contributed by atoms with Crippen LogP contribution in [-0.4, -0.2) is 16.1 Å². The molecule has 0 saturated carbocycles. The summed E-state index contributed by atoms with van der Waals surface area (Å²) in [5, 5.41) is 8.90. The van der Waals surface area contributed by atoms with Gasteiger partial charge in [-0.2, -0.15) is 0 Å². The largest absolute Gasteiger partial charge is 0.306 e. The summed E-state index contributed by atoms with van der Waals surface area (Å²) >= 11 is 0. The van der Waals surface area contributed by atoms with Crippen LogP contribution in [0.3, 0.4) is 0 Å². The Hall–Kier alpha value is -2.25. The lowest BCUT2D eigenvalue weighted by Crippen LogP contribution is -2.31. The number of rotatable bonds is 2. The van der Waals surface area contributed by atoms with Gasteiger partial charge in [-0.15, -0.1) is 10.2 Å². The van der Waals surface area contributed by atoms with Gasteiger partial charge in [-0.05, 0) is 0 Å². The lowest BCUT2D eigenvalue weighted by Gasteiger charge is -2.06. The first-order chi connectivity index (χ1) is 7.77. The van der Waals surface area contributed by atoms with E-state index in [2.05, 4.69) is 15.6 Å². The highest BCUT2D eigenvalue weighted by atomic mass is 16.2. The summed E-state index contributed by atoms with van der Waals surface area (Å²) in [6.45, 7) is 0. The summed E-state index contributed by atoms with van der Waals surface area (Å²) in [4.78, 5) is 11.4. The van der Waals surface area contributed by atoms with Crippen LogP contribution in [-0.2, 0) is 0 Å². The van der Waals surface area contributed by atoms with Crippen LogP contribution in [0.5, 0.6) is 0 Å². The second kappa shape index (κ2) is 4.09. The Morgan fingerprint density at radius 2 is 1.81 bits per heavy atom. The summed E-state index contributed by atoms with van der Waals surface area (Å²) in [5.41, 5.74) is 4.60. The average molecular weight is 218 g/mol. The number of anilines is 1. The molecule has 0 aliphatic rings. The number of nitrogens with two attached hydrogens (primary N) is 2. The number of carbonyl (C=O) groups excluding carboxylic acids is 1. The molecule has 0 unspecified atom stereocenters. The van der Waals surface area contributed by atoms with E-state index < -0.39 is 5.91 Å². The molecule has 0 aliphatic carbocycles. The molecule has 1 aromatic heterocycles. The van der Waals surface area contributed by atoms with Gasteiger partial charge in [-0.1, -0.05) is 24.3 Å². The Bertz CT molecular complexity index is 541. The molecule has 1 heterocycles. The van der Waals surface area contributed by atoms with Crippen LogP contribution in [0.2, 0.25) is 0 Å². The molecule has 0 atom stereocenters. The summed E-state index contributed by atoms with van der Waals surface area (Å²) in [6, 6.07) is 7.13. The van der Waals surface area contributed by atoms with E-state index in [9.17, 15) is 4.79 Å². The molecule has 0 spiro atoms. The molecule has 1 amide bonds. The third kappa shape index (κ3) is 1.53. The number of benzene rings is 1. The maximum atomic E-state index is 11.4. The van der Waals surface area contributed by atoms with Gasteiger partial charge >= 0.3 is 0 Å². The van der Waals surface area contributed by atoms with E-state index in [1.807, 2.05) is 11.5 Å². The van der Waals surface area contributed by atoms with Crippen molar-refractivity contribution in [1.82, 2.24) is 15.6 Å². The first-order valence-corrected chi connectivity index (χ1v) is 4.51. The van der Waals surface area contributed by atoms with E-state index in [4.69, 9.17) is 11.7 Å². The zero-order valence-corrected chi connectivity index (χ0v) is 8.27. The zero-order valence-electron chi connectivity index (χ0n) is 8.27. The van der Waals surface area contributed by atoms with Crippen molar-refractivity contribution < 1.29 is 4.79 Å². The van der Waals surface area contributed by atoms with Crippen LogP contribution in [0.4, 0.5) is 5.82 Å². The Morgan fingerprint density at radius 1 is 1.12 bits per heavy atom. The van der Waals surface area contributed by atoms with Crippen molar-refractivity contribution in [2.45, 2.75) is 0 Å². The van der Waals surface area contributed by atoms with Gasteiger partial charge < -0.3 is 5.43 Å². The fraction of sp³-hybridized carbons (Fsp3) is 0. The van der Waals surface area contributed by atoms with Crippen molar-refractivity contribution in [3.05, 3.63) is 30.0 Å². The predicted molar refractivity (Wildman–Crippen MR) is 59.0 cm³/mol. The number of nitrogen functional groups attached to an aromatic ring is 2. The number of nitrogens with one attached hydrogen (secondary N) is 2. The minimum absolute atomic E-state index is 0.164. The van der Waals surface area contributed by atoms with Crippen molar-refractivity contribution in [3.8, 4) is 0 Å².